The summed E-state index contributed by atoms with van der Waals surface area (Å²) >= 11 is 0. The second-order valence-corrected chi connectivity index (χ2v) is 4.08. The summed E-state index contributed by atoms with van der Waals surface area (Å²) in [4.78, 5) is 19.9. The van der Waals surface area contributed by atoms with E-state index < -0.39 is 0 Å². The molecular formula is C14H11N3O. The molecule has 0 radical (unpaired) electrons. The van der Waals surface area contributed by atoms with Crippen molar-refractivity contribution in [3.63, 3.8) is 0 Å². The zero-order valence-corrected chi connectivity index (χ0v) is 9.65. The van der Waals surface area contributed by atoms with Crippen molar-refractivity contribution in [2.75, 3.05) is 0 Å². The fourth-order valence-corrected chi connectivity index (χ4v) is 1.90. The number of rotatable bonds is 2. The van der Waals surface area contributed by atoms with E-state index in [1.165, 1.54) is 18.6 Å². The van der Waals surface area contributed by atoms with Gasteiger partial charge < -0.3 is 0 Å². The van der Waals surface area contributed by atoms with Crippen LogP contribution in [0.3, 0.4) is 0 Å². The van der Waals surface area contributed by atoms with Crippen LogP contribution in [-0.4, -0.2) is 14.5 Å². The highest BCUT2D eigenvalue weighted by atomic mass is 16.1. The van der Waals surface area contributed by atoms with Gasteiger partial charge in [0.2, 0.25) is 0 Å². The van der Waals surface area contributed by atoms with E-state index in [0.29, 0.717) is 6.54 Å². The minimum atomic E-state index is -0.0573. The van der Waals surface area contributed by atoms with E-state index in [0.717, 1.165) is 16.5 Å². The summed E-state index contributed by atoms with van der Waals surface area (Å²) in [6.45, 7) is 0.491. The number of hydrogen-bond acceptors (Lipinski definition) is 3. The average Bonchev–Trinajstić information content (AvgIpc) is 2.41. The molecule has 88 valence electrons. The van der Waals surface area contributed by atoms with E-state index >= 15 is 0 Å². The Balaban J connectivity index is 2.01. The fraction of sp³-hybridized carbons (Fsp3) is 0.0714. The Hall–Kier alpha value is -2.49. The van der Waals surface area contributed by atoms with E-state index in [2.05, 4.69) is 9.97 Å². The molecule has 0 aliphatic carbocycles. The van der Waals surface area contributed by atoms with E-state index in [-0.39, 0.29) is 5.56 Å². The van der Waals surface area contributed by atoms with Crippen LogP contribution in [0.2, 0.25) is 0 Å². The summed E-state index contributed by atoms with van der Waals surface area (Å²) in [5.41, 5.74) is 1.89. The quantitative estimate of drug-likeness (QED) is 0.683. The Bertz CT molecular complexity index is 749. The van der Waals surface area contributed by atoms with Crippen molar-refractivity contribution in [1.29, 1.82) is 0 Å². The molecule has 2 heterocycles. The minimum absolute atomic E-state index is 0.0573. The predicted octanol–water partition coefficient (Wildman–Crippen LogP) is 1.84. The van der Waals surface area contributed by atoms with Crippen LogP contribution in [0, 0.1) is 0 Å². The van der Waals surface area contributed by atoms with Gasteiger partial charge in [0, 0.05) is 23.8 Å². The minimum Gasteiger partial charge on any atom is -0.295 e. The Morgan fingerprint density at radius 1 is 1.17 bits per heavy atom. The van der Waals surface area contributed by atoms with Gasteiger partial charge in [-0.1, -0.05) is 18.2 Å². The van der Waals surface area contributed by atoms with Crippen molar-refractivity contribution in [3.05, 3.63) is 71.0 Å². The molecule has 0 spiro atoms. The Morgan fingerprint density at radius 2 is 2.06 bits per heavy atom. The Labute approximate surface area is 104 Å². The van der Waals surface area contributed by atoms with E-state index in [1.54, 1.807) is 10.8 Å². The molecule has 0 unspecified atom stereocenters. The third-order valence-electron chi connectivity index (χ3n) is 2.79. The number of benzene rings is 1. The number of fused-ring (bicyclic) bond motifs is 1. The number of aromatic nitrogens is 3. The molecular weight excluding hydrogens is 226 g/mol. The zero-order chi connectivity index (χ0) is 12.4. The van der Waals surface area contributed by atoms with E-state index in [9.17, 15) is 4.79 Å². The van der Waals surface area contributed by atoms with Crippen molar-refractivity contribution >= 4 is 10.9 Å². The highest BCUT2D eigenvalue weighted by Crippen LogP contribution is 2.12. The summed E-state index contributed by atoms with van der Waals surface area (Å²) < 4.78 is 1.56. The monoisotopic (exact) mass is 237 g/mol. The second-order valence-electron chi connectivity index (χ2n) is 4.08. The van der Waals surface area contributed by atoms with Gasteiger partial charge in [-0.2, -0.15) is 0 Å². The lowest BCUT2D eigenvalue weighted by atomic mass is 10.1. The SMILES string of the molecule is O=c1ccncn1Cc1cnc2ccccc2c1. The van der Waals surface area contributed by atoms with E-state index in [1.807, 2.05) is 30.3 Å². The third kappa shape index (κ3) is 2.00. The van der Waals surface area contributed by atoms with Crippen molar-refractivity contribution in [1.82, 2.24) is 14.5 Å². The van der Waals surface area contributed by atoms with Gasteiger partial charge in [0.1, 0.15) is 0 Å². The molecule has 2 aromatic heterocycles. The van der Waals surface area contributed by atoms with Crippen LogP contribution in [0.1, 0.15) is 5.56 Å². The summed E-state index contributed by atoms with van der Waals surface area (Å²) in [6.07, 6.45) is 4.83. The number of para-hydroxylation sites is 1. The largest absolute Gasteiger partial charge is 0.295 e. The Kier molecular flexibility index (Phi) is 2.61. The maximum Gasteiger partial charge on any atom is 0.253 e. The smallest absolute Gasteiger partial charge is 0.253 e. The van der Waals surface area contributed by atoms with Crippen molar-refractivity contribution in [3.8, 4) is 0 Å². The van der Waals surface area contributed by atoms with Gasteiger partial charge in [-0.05, 0) is 17.7 Å². The molecule has 4 nitrogen and oxygen atoms in total. The maximum atomic E-state index is 11.6. The molecule has 1 aromatic carbocycles. The standard InChI is InChI=1S/C14H11N3O/c18-14-5-6-15-10-17(14)9-11-7-12-3-1-2-4-13(12)16-8-11/h1-8,10H,9H2. The van der Waals surface area contributed by atoms with Gasteiger partial charge in [-0.25, -0.2) is 4.98 Å². The van der Waals surface area contributed by atoms with Crippen molar-refractivity contribution in [2.45, 2.75) is 6.54 Å². The molecule has 3 aromatic rings. The predicted molar refractivity (Wildman–Crippen MR) is 69.3 cm³/mol. The Morgan fingerprint density at radius 3 is 2.94 bits per heavy atom. The van der Waals surface area contributed by atoms with Crippen molar-refractivity contribution in [2.24, 2.45) is 0 Å². The zero-order valence-electron chi connectivity index (χ0n) is 9.65. The number of pyridine rings is 1. The van der Waals surface area contributed by atoms with Crippen LogP contribution in [0.15, 0.2) is 59.9 Å². The van der Waals surface area contributed by atoms with Crippen LogP contribution in [0.5, 0.6) is 0 Å². The molecule has 0 atom stereocenters. The molecule has 18 heavy (non-hydrogen) atoms. The molecule has 0 bridgehead atoms. The summed E-state index contributed by atoms with van der Waals surface area (Å²) in [5.74, 6) is 0. The van der Waals surface area contributed by atoms with E-state index in [4.69, 9.17) is 0 Å². The summed E-state index contributed by atoms with van der Waals surface area (Å²) in [6, 6.07) is 11.4. The first-order valence-corrected chi connectivity index (χ1v) is 5.67. The van der Waals surface area contributed by atoms with Crippen LogP contribution >= 0.6 is 0 Å². The molecule has 0 aliphatic heterocycles. The first kappa shape index (κ1) is 10.7. The second kappa shape index (κ2) is 4.41. The topological polar surface area (TPSA) is 47.8 Å². The molecule has 0 saturated carbocycles. The lowest BCUT2D eigenvalue weighted by Crippen LogP contribution is -2.19. The molecule has 4 heteroatoms. The number of hydrogen-bond donors (Lipinski definition) is 0. The van der Waals surface area contributed by atoms with Gasteiger partial charge in [-0.3, -0.25) is 14.3 Å². The lowest BCUT2D eigenvalue weighted by Gasteiger charge is -2.05. The average molecular weight is 237 g/mol. The summed E-state index contributed by atoms with van der Waals surface area (Å²) in [7, 11) is 0. The first-order chi connectivity index (χ1) is 8.83. The maximum absolute atomic E-state index is 11.6. The number of nitrogens with zero attached hydrogens (tertiary/aromatic N) is 3. The molecule has 0 aliphatic rings. The highest BCUT2D eigenvalue weighted by molar-refractivity contribution is 5.78. The van der Waals surface area contributed by atoms with Gasteiger partial charge in [0.25, 0.3) is 5.56 Å². The van der Waals surface area contributed by atoms with Gasteiger partial charge in [0.05, 0.1) is 18.4 Å². The van der Waals surface area contributed by atoms with Gasteiger partial charge in [-0.15, -0.1) is 0 Å². The molecule has 3 rings (SSSR count). The summed E-state index contributed by atoms with van der Waals surface area (Å²) in [5, 5.41) is 1.08. The van der Waals surface area contributed by atoms with Crippen molar-refractivity contribution < 1.29 is 0 Å². The normalized spacial score (nSPS) is 10.7. The van der Waals surface area contributed by atoms with Crippen LogP contribution in [0.4, 0.5) is 0 Å². The van der Waals surface area contributed by atoms with Crippen LogP contribution < -0.4 is 5.56 Å². The van der Waals surface area contributed by atoms with Crippen LogP contribution in [0.25, 0.3) is 10.9 Å². The highest BCUT2D eigenvalue weighted by Gasteiger charge is 2.00. The molecule has 0 fully saturated rings. The fourth-order valence-electron chi connectivity index (χ4n) is 1.90. The molecule has 0 amide bonds. The van der Waals surface area contributed by atoms with Crippen LogP contribution in [-0.2, 0) is 6.54 Å². The lowest BCUT2D eigenvalue weighted by molar-refractivity contribution is 0.734. The molecule has 0 saturated heterocycles. The van der Waals surface area contributed by atoms with Gasteiger partial charge >= 0.3 is 0 Å². The first-order valence-electron chi connectivity index (χ1n) is 5.67. The molecule has 0 N–H and O–H groups in total. The van der Waals surface area contributed by atoms with Gasteiger partial charge in [0.15, 0.2) is 0 Å². The third-order valence-corrected chi connectivity index (χ3v) is 2.79.